The Labute approximate surface area is 151 Å². The van der Waals surface area contributed by atoms with Gasteiger partial charge in [-0.25, -0.2) is 4.98 Å². The lowest BCUT2D eigenvalue weighted by atomic mass is 9.98. The predicted octanol–water partition coefficient (Wildman–Crippen LogP) is 1.96. The Bertz CT molecular complexity index is 736. The molecule has 2 aromatic heterocycles. The first-order valence-electron chi connectivity index (χ1n) is 8.66. The van der Waals surface area contributed by atoms with Crippen LogP contribution in [0.3, 0.4) is 0 Å². The minimum atomic E-state index is 0.0765. The molecule has 6 nitrogen and oxygen atoms in total. The SMILES string of the molecule is Cc1csc(CN2CC[C@H]3OCCN(C(=O)c4ccncc4)[C@@H]3C2)n1. The van der Waals surface area contributed by atoms with Crippen LogP contribution in [-0.2, 0) is 11.3 Å². The van der Waals surface area contributed by atoms with E-state index in [-0.39, 0.29) is 18.1 Å². The Hall–Kier alpha value is -1.83. The van der Waals surface area contributed by atoms with Gasteiger partial charge in [-0.3, -0.25) is 14.7 Å². The molecule has 0 radical (unpaired) electrons. The van der Waals surface area contributed by atoms with Crippen LogP contribution in [0.1, 0.15) is 27.5 Å². The van der Waals surface area contributed by atoms with E-state index in [1.807, 2.05) is 11.8 Å². The smallest absolute Gasteiger partial charge is 0.254 e. The van der Waals surface area contributed by atoms with Gasteiger partial charge < -0.3 is 9.64 Å². The number of morpholine rings is 1. The second-order valence-corrected chi connectivity index (χ2v) is 7.56. The number of fused-ring (bicyclic) bond motifs is 1. The van der Waals surface area contributed by atoms with E-state index >= 15 is 0 Å². The molecule has 2 aliphatic heterocycles. The molecule has 2 aliphatic rings. The Morgan fingerprint density at radius 3 is 2.96 bits per heavy atom. The minimum Gasteiger partial charge on any atom is -0.374 e. The number of aromatic nitrogens is 2. The molecule has 0 N–H and O–H groups in total. The van der Waals surface area contributed by atoms with Gasteiger partial charge >= 0.3 is 0 Å². The van der Waals surface area contributed by atoms with Crippen LogP contribution in [-0.4, -0.2) is 64.1 Å². The molecule has 0 unspecified atom stereocenters. The highest BCUT2D eigenvalue weighted by Crippen LogP contribution is 2.26. The number of thiazole rings is 1. The molecule has 0 aromatic carbocycles. The molecule has 0 saturated carbocycles. The minimum absolute atomic E-state index is 0.0765. The lowest BCUT2D eigenvalue weighted by molar-refractivity contribution is -0.0914. The van der Waals surface area contributed by atoms with E-state index in [0.717, 1.165) is 36.8 Å². The van der Waals surface area contributed by atoms with Gasteiger partial charge in [0.1, 0.15) is 5.01 Å². The van der Waals surface area contributed by atoms with Crippen molar-refractivity contribution in [3.63, 3.8) is 0 Å². The van der Waals surface area contributed by atoms with E-state index in [9.17, 15) is 4.79 Å². The normalized spacial score (nSPS) is 24.1. The van der Waals surface area contributed by atoms with E-state index in [4.69, 9.17) is 4.74 Å². The summed E-state index contributed by atoms with van der Waals surface area (Å²) in [6.07, 6.45) is 4.43. The quantitative estimate of drug-likeness (QED) is 0.839. The summed E-state index contributed by atoms with van der Waals surface area (Å²) in [6, 6.07) is 3.67. The van der Waals surface area contributed by atoms with Gasteiger partial charge in [0.05, 0.1) is 25.3 Å². The van der Waals surface area contributed by atoms with Crippen molar-refractivity contribution in [2.45, 2.75) is 32.0 Å². The maximum atomic E-state index is 12.9. The molecule has 2 atom stereocenters. The molecule has 25 heavy (non-hydrogen) atoms. The van der Waals surface area contributed by atoms with Crippen LogP contribution in [0.15, 0.2) is 29.9 Å². The number of carbonyl (C=O) groups excluding carboxylic acids is 1. The molecule has 4 heterocycles. The van der Waals surface area contributed by atoms with Crippen LogP contribution in [0.2, 0.25) is 0 Å². The van der Waals surface area contributed by atoms with Gasteiger partial charge in [-0.15, -0.1) is 11.3 Å². The number of rotatable bonds is 3. The number of piperidine rings is 1. The van der Waals surface area contributed by atoms with E-state index in [2.05, 4.69) is 20.2 Å². The molecular formula is C18H22N4O2S. The average molecular weight is 358 g/mol. The highest BCUT2D eigenvalue weighted by molar-refractivity contribution is 7.09. The summed E-state index contributed by atoms with van der Waals surface area (Å²) in [5, 5.41) is 3.23. The molecule has 0 spiro atoms. The van der Waals surface area contributed by atoms with Gasteiger partial charge in [0.25, 0.3) is 5.91 Å². The Morgan fingerprint density at radius 2 is 2.20 bits per heavy atom. The molecule has 132 valence electrons. The Balaban J connectivity index is 1.48. The molecule has 0 aliphatic carbocycles. The molecular weight excluding hydrogens is 336 g/mol. The largest absolute Gasteiger partial charge is 0.374 e. The summed E-state index contributed by atoms with van der Waals surface area (Å²) in [5.74, 6) is 0.0765. The fraction of sp³-hybridized carbons (Fsp3) is 0.500. The second-order valence-electron chi connectivity index (χ2n) is 6.62. The van der Waals surface area contributed by atoms with Crippen LogP contribution in [0.5, 0.6) is 0 Å². The number of carbonyl (C=O) groups is 1. The highest BCUT2D eigenvalue weighted by atomic mass is 32.1. The van der Waals surface area contributed by atoms with Crippen molar-refractivity contribution in [3.8, 4) is 0 Å². The van der Waals surface area contributed by atoms with Gasteiger partial charge in [-0.2, -0.15) is 0 Å². The van der Waals surface area contributed by atoms with Gasteiger partial charge in [0, 0.05) is 48.7 Å². The maximum absolute atomic E-state index is 12.9. The maximum Gasteiger partial charge on any atom is 0.254 e. The second kappa shape index (κ2) is 7.19. The van der Waals surface area contributed by atoms with E-state index in [1.54, 1.807) is 35.9 Å². The number of hydrogen-bond acceptors (Lipinski definition) is 6. The molecule has 1 amide bonds. The van der Waals surface area contributed by atoms with E-state index in [0.29, 0.717) is 18.7 Å². The summed E-state index contributed by atoms with van der Waals surface area (Å²) in [6.45, 7) is 5.95. The Morgan fingerprint density at radius 1 is 1.36 bits per heavy atom. The topological polar surface area (TPSA) is 58.6 Å². The monoisotopic (exact) mass is 358 g/mol. The highest BCUT2D eigenvalue weighted by Gasteiger charge is 2.39. The summed E-state index contributed by atoms with van der Waals surface area (Å²) >= 11 is 1.71. The first kappa shape index (κ1) is 16.6. The summed E-state index contributed by atoms with van der Waals surface area (Å²) in [7, 11) is 0. The lowest BCUT2D eigenvalue weighted by Gasteiger charge is -2.47. The zero-order chi connectivity index (χ0) is 17.2. The molecule has 0 bridgehead atoms. The Kier molecular flexibility index (Phi) is 4.78. The summed E-state index contributed by atoms with van der Waals surface area (Å²) < 4.78 is 5.95. The van der Waals surface area contributed by atoms with Gasteiger partial charge in [-0.05, 0) is 25.5 Å². The van der Waals surface area contributed by atoms with Gasteiger partial charge in [0.2, 0.25) is 0 Å². The third-order valence-corrected chi connectivity index (χ3v) is 5.83. The van der Waals surface area contributed by atoms with E-state index < -0.39 is 0 Å². The average Bonchev–Trinajstić information content (AvgIpc) is 3.06. The molecule has 2 aromatic rings. The first-order valence-corrected chi connectivity index (χ1v) is 9.54. The van der Waals surface area contributed by atoms with Crippen molar-refractivity contribution >= 4 is 17.2 Å². The zero-order valence-electron chi connectivity index (χ0n) is 14.3. The van der Waals surface area contributed by atoms with Crippen LogP contribution in [0.25, 0.3) is 0 Å². The van der Waals surface area contributed by atoms with Crippen molar-refractivity contribution < 1.29 is 9.53 Å². The molecule has 2 saturated heterocycles. The fourth-order valence-electron chi connectivity index (χ4n) is 3.66. The standard InChI is InChI=1S/C18H22N4O2S/c1-13-12-25-17(20-13)11-21-7-4-16-15(10-21)22(8-9-24-16)18(23)14-2-5-19-6-3-14/h2-3,5-6,12,15-16H,4,7-11H2,1H3/t15-,16-/m1/s1. The number of ether oxygens (including phenoxy) is 1. The van der Waals surface area contributed by atoms with Crippen LogP contribution >= 0.6 is 11.3 Å². The van der Waals surface area contributed by atoms with Crippen molar-refractivity contribution in [3.05, 3.63) is 46.2 Å². The number of pyridine rings is 1. The third-order valence-electron chi connectivity index (χ3n) is 4.88. The van der Waals surface area contributed by atoms with E-state index in [1.165, 1.54) is 0 Å². The zero-order valence-corrected chi connectivity index (χ0v) is 15.1. The number of amides is 1. The molecule has 7 heteroatoms. The first-order chi connectivity index (χ1) is 12.2. The third kappa shape index (κ3) is 3.58. The predicted molar refractivity (Wildman–Crippen MR) is 95.5 cm³/mol. The van der Waals surface area contributed by atoms with Crippen LogP contribution in [0.4, 0.5) is 0 Å². The number of hydrogen-bond donors (Lipinski definition) is 0. The van der Waals surface area contributed by atoms with Crippen molar-refractivity contribution in [2.24, 2.45) is 0 Å². The van der Waals surface area contributed by atoms with Crippen LogP contribution in [0, 0.1) is 6.92 Å². The van der Waals surface area contributed by atoms with Crippen molar-refractivity contribution in [1.29, 1.82) is 0 Å². The fourth-order valence-corrected chi connectivity index (χ4v) is 4.47. The summed E-state index contributed by atoms with van der Waals surface area (Å²) in [4.78, 5) is 25.9. The van der Waals surface area contributed by atoms with Crippen molar-refractivity contribution in [2.75, 3.05) is 26.2 Å². The van der Waals surface area contributed by atoms with Crippen LogP contribution < -0.4 is 0 Å². The summed E-state index contributed by atoms with van der Waals surface area (Å²) in [5.41, 5.74) is 1.77. The lowest BCUT2D eigenvalue weighted by Crippen LogP contribution is -2.61. The molecule has 4 rings (SSSR count). The number of aryl methyl sites for hydroxylation is 1. The van der Waals surface area contributed by atoms with Gasteiger partial charge in [0.15, 0.2) is 0 Å². The molecule has 2 fully saturated rings. The van der Waals surface area contributed by atoms with Crippen molar-refractivity contribution in [1.82, 2.24) is 19.8 Å². The van der Waals surface area contributed by atoms with Gasteiger partial charge in [-0.1, -0.05) is 0 Å². The number of likely N-dealkylation sites (tertiary alicyclic amines) is 1. The number of nitrogens with zero attached hydrogens (tertiary/aromatic N) is 4.